The lowest BCUT2D eigenvalue weighted by atomic mass is 9.97. The SMILES string of the molecule is CCOC1(C)CN(C(=O)OCc2ccccc2)C1. The second kappa shape index (κ2) is 5.40. The Morgan fingerprint density at radius 2 is 2.00 bits per heavy atom. The first-order valence-electron chi connectivity index (χ1n) is 6.22. The van der Waals surface area contributed by atoms with E-state index < -0.39 is 0 Å². The van der Waals surface area contributed by atoms with E-state index in [0.29, 0.717) is 26.3 Å². The summed E-state index contributed by atoms with van der Waals surface area (Å²) in [6.07, 6.45) is -0.268. The number of hydrogen-bond acceptors (Lipinski definition) is 3. The highest BCUT2D eigenvalue weighted by atomic mass is 16.6. The molecule has 1 fully saturated rings. The molecule has 1 amide bonds. The molecule has 98 valence electrons. The van der Waals surface area contributed by atoms with Crippen molar-refractivity contribution in [3.05, 3.63) is 35.9 Å². The first-order chi connectivity index (χ1) is 8.63. The largest absolute Gasteiger partial charge is 0.445 e. The molecule has 0 spiro atoms. The Morgan fingerprint density at radius 3 is 2.61 bits per heavy atom. The first kappa shape index (κ1) is 12.9. The highest BCUT2D eigenvalue weighted by Crippen LogP contribution is 2.25. The zero-order valence-corrected chi connectivity index (χ0v) is 10.9. The van der Waals surface area contributed by atoms with E-state index in [1.807, 2.05) is 44.2 Å². The Balaban J connectivity index is 1.74. The maximum absolute atomic E-state index is 11.7. The molecule has 4 heteroatoms. The van der Waals surface area contributed by atoms with E-state index >= 15 is 0 Å². The number of carbonyl (C=O) groups excluding carboxylic acids is 1. The molecule has 0 aromatic heterocycles. The fourth-order valence-corrected chi connectivity index (χ4v) is 2.14. The second-order valence-corrected chi connectivity index (χ2v) is 4.78. The minimum Gasteiger partial charge on any atom is -0.445 e. The molecule has 0 bridgehead atoms. The zero-order chi connectivity index (χ0) is 13.0. The normalized spacial score (nSPS) is 17.1. The third-order valence-electron chi connectivity index (χ3n) is 3.01. The lowest BCUT2D eigenvalue weighted by Gasteiger charge is -2.46. The summed E-state index contributed by atoms with van der Waals surface area (Å²) in [6, 6.07) is 9.67. The van der Waals surface area contributed by atoms with Gasteiger partial charge < -0.3 is 14.4 Å². The monoisotopic (exact) mass is 249 g/mol. The Labute approximate surface area is 107 Å². The van der Waals surface area contributed by atoms with Gasteiger partial charge >= 0.3 is 6.09 Å². The predicted molar refractivity (Wildman–Crippen MR) is 68.2 cm³/mol. The van der Waals surface area contributed by atoms with Gasteiger partial charge in [0.15, 0.2) is 0 Å². The molecule has 1 heterocycles. The topological polar surface area (TPSA) is 38.8 Å². The molecule has 1 aromatic carbocycles. The van der Waals surface area contributed by atoms with Crippen LogP contribution in [-0.4, -0.2) is 36.3 Å². The molecule has 0 N–H and O–H groups in total. The summed E-state index contributed by atoms with van der Waals surface area (Å²) in [5.74, 6) is 0. The highest BCUT2D eigenvalue weighted by molar-refractivity contribution is 5.69. The van der Waals surface area contributed by atoms with Crippen molar-refractivity contribution >= 4 is 6.09 Å². The minimum absolute atomic E-state index is 0.194. The van der Waals surface area contributed by atoms with Gasteiger partial charge in [0.1, 0.15) is 12.2 Å². The molecular weight excluding hydrogens is 230 g/mol. The number of rotatable bonds is 4. The van der Waals surface area contributed by atoms with Crippen LogP contribution in [0.5, 0.6) is 0 Å². The van der Waals surface area contributed by atoms with Gasteiger partial charge in [0, 0.05) is 6.61 Å². The van der Waals surface area contributed by atoms with Crippen LogP contribution in [0.4, 0.5) is 4.79 Å². The van der Waals surface area contributed by atoms with E-state index in [1.165, 1.54) is 0 Å². The Bertz CT molecular complexity index is 399. The van der Waals surface area contributed by atoms with Crippen LogP contribution in [0.25, 0.3) is 0 Å². The van der Waals surface area contributed by atoms with Crippen molar-refractivity contribution in [2.45, 2.75) is 26.1 Å². The molecule has 0 saturated carbocycles. The summed E-state index contributed by atoms with van der Waals surface area (Å²) in [7, 11) is 0. The third kappa shape index (κ3) is 3.01. The summed E-state index contributed by atoms with van der Waals surface area (Å²) >= 11 is 0. The molecule has 0 atom stereocenters. The number of likely N-dealkylation sites (tertiary alicyclic amines) is 1. The molecule has 1 aliphatic heterocycles. The molecule has 1 saturated heterocycles. The number of amides is 1. The van der Waals surface area contributed by atoms with Crippen LogP contribution in [-0.2, 0) is 16.1 Å². The van der Waals surface area contributed by atoms with Crippen LogP contribution < -0.4 is 0 Å². The number of benzene rings is 1. The lowest BCUT2D eigenvalue weighted by molar-refractivity contribution is -0.119. The van der Waals surface area contributed by atoms with Crippen molar-refractivity contribution < 1.29 is 14.3 Å². The molecule has 1 aliphatic rings. The molecule has 1 aromatic rings. The second-order valence-electron chi connectivity index (χ2n) is 4.78. The average molecular weight is 249 g/mol. The Hall–Kier alpha value is -1.55. The van der Waals surface area contributed by atoms with E-state index in [4.69, 9.17) is 9.47 Å². The van der Waals surface area contributed by atoms with Crippen LogP contribution in [0.3, 0.4) is 0 Å². The van der Waals surface area contributed by atoms with Gasteiger partial charge in [-0.15, -0.1) is 0 Å². The van der Waals surface area contributed by atoms with Crippen LogP contribution in [0.1, 0.15) is 19.4 Å². The summed E-state index contributed by atoms with van der Waals surface area (Å²) in [5, 5.41) is 0. The average Bonchev–Trinajstić information content (AvgIpc) is 2.34. The molecule has 4 nitrogen and oxygen atoms in total. The molecule has 0 aliphatic carbocycles. The summed E-state index contributed by atoms with van der Waals surface area (Å²) in [5.41, 5.74) is 0.805. The molecule has 0 radical (unpaired) electrons. The van der Waals surface area contributed by atoms with Crippen LogP contribution in [0.15, 0.2) is 30.3 Å². The Morgan fingerprint density at radius 1 is 1.33 bits per heavy atom. The molecule has 18 heavy (non-hydrogen) atoms. The fraction of sp³-hybridized carbons (Fsp3) is 0.500. The van der Waals surface area contributed by atoms with Crippen molar-refractivity contribution in [3.63, 3.8) is 0 Å². The predicted octanol–water partition coefficient (Wildman–Crippen LogP) is 2.43. The first-order valence-corrected chi connectivity index (χ1v) is 6.22. The third-order valence-corrected chi connectivity index (χ3v) is 3.01. The number of ether oxygens (including phenoxy) is 2. The Kier molecular flexibility index (Phi) is 3.87. The van der Waals surface area contributed by atoms with Crippen molar-refractivity contribution in [1.82, 2.24) is 4.90 Å². The van der Waals surface area contributed by atoms with E-state index in [1.54, 1.807) is 4.90 Å². The summed E-state index contributed by atoms with van der Waals surface area (Å²) in [6.45, 7) is 6.17. The van der Waals surface area contributed by atoms with Crippen LogP contribution in [0.2, 0.25) is 0 Å². The van der Waals surface area contributed by atoms with Gasteiger partial charge in [-0.1, -0.05) is 30.3 Å². The maximum atomic E-state index is 11.7. The molecule has 0 unspecified atom stereocenters. The van der Waals surface area contributed by atoms with Gasteiger partial charge in [-0.3, -0.25) is 0 Å². The number of nitrogens with zero attached hydrogens (tertiary/aromatic N) is 1. The zero-order valence-electron chi connectivity index (χ0n) is 10.9. The molecular formula is C14H19NO3. The maximum Gasteiger partial charge on any atom is 0.410 e. The van der Waals surface area contributed by atoms with Gasteiger partial charge in [-0.25, -0.2) is 4.79 Å². The standard InChI is InChI=1S/C14H19NO3/c1-3-18-14(2)10-15(11-14)13(16)17-9-12-7-5-4-6-8-12/h4-8H,3,9-11H2,1-2H3. The highest BCUT2D eigenvalue weighted by Gasteiger charge is 2.42. The van der Waals surface area contributed by atoms with Gasteiger partial charge in [0.25, 0.3) is 0 Å². The quantitative estimate of drug-likeness (QED) is 0.822. The van der Waals surface area contributed by atoms with Crippen molar-refractivity contribution in [3.8, 4) is 0 Å². The fourth-order valence-electron chi connectivity index (χ4n) is 2.14. The number of hydrogen-bond donors (Lipinski definition) is 0. The van der Waals surface area contributed by atoms with Crippen LogP contribution in [0, 0.1) is 0 Å². The summed E-state index contributed by atoms with van der Waals surface area (Å²) in [4.78, 5) is 13.4. The smallest absolute Gasteiger partial charge is 0.410 e. The van der Waals surface area contributed by atoms with E-state index in [9.17, 15) is 4.79 Å². The van der Waals surface area contributed by atoms with Crippen molar-refractivity contribution in [2.75, 3.05) is 19.7 Å². The van der Waals surface area contributed by atoms with Gasteiger partial charge in [-0.05, 0) is 19.4 Å². The van der Waals surface area contributed by atoms with Gasteiger partial charge in [0.05, 0.1) is 13.1 Å². The number of carbonyl (C=O) groups is 1. The van der Waals surface area contributed by atoms with E-state index in [2.05, 4.69) is 0 Å². The van der Waals surface area contributed by atoms with Gasteiger partial charge in [0.2, 0.25) is 0 Å². The van der Waals surface area contributed by atoms with Crippen molar-refractivity contribution in [1.29, 1.82) is 0 Å². The van der Waals surface area contributed by atoms with Crippen LogP contribution >= 0.6 is 0 Å². The van der Waals surface area contributed by atoms with E-state index in [-0.39, 0.29) is 11.7 Å². The summed E-state index contributed by atoms with van der Waals surface area (Å²) < 4.78 is 10.8. The minimum atomic E-state index is -0.268. The lowest BCUT2D eigenvalue weighted by Crippen LogP contribution is -2.63. The van der Waals surface area contributed by atoms with Gasteiger partial charge in [-0.2, -0.15) is 0 Å². The van der Waals surface area contributed by atoms with E-state index in [0.717, 1.165) is 5.56 Å². The van der Waals surface area contributed by atoms with Crippen molar-refractivity contribution in [2.24, 2.45) is 0 Å². The molecule has 2 rings (SSSR count).